The smallest absolute Gasteiger partial charge is 0.323 e. The van der Waals surface area contributed by atoms with Crippen LogP contribution in [0.2, 0.25) is 0 Å². The summed E-state index contributed by atoms with van der Waals surface area (Å²) in [5, 5.41) is 40.8. The number of aliphatic carboxylic acids is 3. The monoisotopic (exact) mass is 625 g/mol. The molecule has 0 aliphatic rings. The molecule has 0 spiro atoms. The molecule has 0 heterocycles. The lowest BCUT2D eigenvalue weighted by Gasteiger charge is -2.35. The molecular formula is C30H47N3O9S. The summed E-state index contributed by atoms with van der Waals surface area (Å²) in [7, 11) is 0. The summed E-state index contributed by atoms with van der Waals surface area (Å²) in [6, 6.07) is -3.59. The second-order valence-corrected chi connectivity index (χ2v) is 10.3. The van der Waals surface area contributed by atoms with Crippen LogP contribution in [0.25, 0.3) is 0 Å². The molecule has 2 amide bonds. The Labute approximate surface area is 258 Å². The Morgan fingerprint density at radius 2 is 1.49 bits per heavy atom. The number of carbonyl (C=O) groups excluding carboxylic acids is 2. The minimum Gasteiger partial charge on any atom is -0.481 e. The SMILES string of the molecule is CCCCC\C=C/C=C/C=C\C=CC[C@@H]([C@H](O)CCCC(=O)O)N(CC(=O)O)C(=O)C(CS)NC(=O)CCC(N)C(=O)O. The van der Waals surface area contributed by atoms with E-state index in [4.69, 9.17) is 15.9 Å². The van der Waals surface area contributed by atoms with Gasteiger partial charge in [-0.05, 0) is 38.5 Å². The van der Waals surface area contributed by atoms with Crippen molar-refractivity contribution in [2.75, 3.05) is 12.3 Å². The van der Waals surface area contributed by atoms with E-state index in [-0.39, 0.29) is 44.3 Å². The van der Waals surface area contributed by atoms with Gasteiger partial charge in [0.15, 0.2) is 0 Å². The Balaban J connectivity index is 5.70. The molecule has 4 atom stereocenters. The van der Waals surface area contributed by atoms with Crippen molar-refractivity contribution in [3.8, 4) is 0 Å². The van der Waals surface area contributed by atoms with E-state index < -0.39 is 60.5 Å². The normalized spacial score (nSPS) is 14.7. The highest BCUT2D eigenvalue weighted by Crippen LogP contribution is 2.18. The first-order valence-corrected chi connectivity index (χ1v) is 15.0. The van der Waals surface area contributed by atoms with E-state index >= 15 is 0 Å². The van der Waals surface area contributed by atoms with Crippen LogP contribution in [-0.2, 0) is 24.0 Å². The third kappa shape index (κ3) is 19.4. The average molecular weight is 626 g/mol. The van der Waals surface area contributed by atoms with Crippen molar-refractivity contribution < 1.29 is 44.4 Å². The van der Waals surface area contributed by atoms with E-state index in [0.29, 0.717) is 0 Å². The maximum atomic E-state index is 13.5. The second kappa shape index (κ2) is 24.1. The Morgan fingerprint density at radius 1 is 0.860 bits per heavy atom. The van der Waals surface area contributed by atoms with Gasteiger partial charge in [-0.1, -0.05) is 68.4 Å². The molecule has 0 radical (unpaired) electrons. The second-order valence-electron chi connectivity index (χ2n) is 9.92. The van der Waals surface area contributed by atoms with Crippen molar-refractivity contribution >= 4 is 42.4 Å². The van der Waals surface area contributed by atoms with Gasteiger partial charge in [-0.15, -0.1) is 0 Å². The van der Waals surface area contributed by atoms with Crippen LogP contribution < -0.4 is 11.1 Å². The molecule has 13 heteroatoms. The molecule has 0 saturated carbocycles. The van der Waals surface area contributed by atoms with Gasteiger partial charge in [0.25, 0.3) is 0 Å². The van der Waals surface area contributed by atoms with Crippen molar-refractivity contribution in [3.05, 3.63) is 48.6 Å². The zero-order valence-electron chi connectivity index (χ0n) is 24.7. The molecule has 0 aromatic rings. The van der Waals surface area contributed by atoms with E-state index in [1.165, 1.54) is 12.8 Å². The summed E-state index contributed by atoms with van der Waals surface area (Å²) in [5.74, 6) is -5.39. The van der Waals surface area contributed by atoms with Gasteiger partial charge in [0.2, 0.25) is 11.8 Å². The number of aliphatic hydroxyl groups is 1. The third-order valence-electron chi connectivity index (χ3n) is 6.32. The van der Waals surface area contributed by atoms with Gasteiger partial charge in [-0.3, -0.25) is 24.0 Å². The van der Waals surface area contributed by atoms with Crippen molar-refractivity contribution in [2.24, 2.45) is 5.73 Å². The minimum absolute atomic E-state index is 0.0116. The summed E-state index contributed by atoms with van der Waals surface area (Å²) < 4.78 is 0. The number of thiol groups is 1. The number of hydrogen-bond acceptors (Lipinski definition) is 8. The summed E-state index contributed by atoms with van der Waals surface area (Å²) in [6.07, 6.45) is 17.3. The predicted molar refractivity (Wildman–Crippen MR) is 167 cm³/mol. The number of nitrogens with zero attached hydrogens (tertiary/aromatic N) is 1. The van der Waals surface area contributed by atoms with Gasteiger partial charge in [0.1, 0.15) is 18.6 Å². The van der Waals surface area contributed by atoms with Crippen LogP contribution in [0.3, 0.4) is 0 Å². The molecule has 0 bridgehead atoms. The van der Waals surface area contributed by atoms with Gasteiger partial charge >= 0.3 is 17.9 Å². The quantitative estimate of drug-likeness (QED) is 0.0474. The molecule has 0 aliphatic carbocycles. The zero-order chi connectivity index (χ0) is 32.6. The van der Waals surface area contributed by atoms with E-state index in [1.807, 2.05) is 18.2 Å². The van der Waals surface area contributed by atoms with Crippen LogP contribution in [0.1, 0.15) is 71.1 Å². The van der Waals surface area contributed by atoms with Crippen LogP contribution in [0, 0.1) is 0 Å². The summed E-state index contributed by atoms with van der Waals surface area (Å²) in [6.45, 7) is 1.36. The average Bonchev–Trinajstić information content (AvgIpc) is 2.95. The van der Waals surface area contributed by atoms with Crippen LogP contribution in [0.15, 0.2) is 48.6 Å². The minimum atomic E-state index is -1.36. The Hall–Kier alpha value is -3.42. The number of carbonyl (C=O) groups is 5. The maximum absolute atomic E-state index is 13.5. The molecule has 0 aromatic carbocycles. The number of allylic oxidation sites excluding steroid dienone is 7. The summed E-state index contributed by atoms with van der Waals surface area (Å²) >= 11 is 4.12. The van der Waals surface area contributed by atoms with Crippen LogP contribution in [0.5, 0.6) is 0 Å². The van der Waals surface area contributed by atoms with Crippen molar-refractivity contribution in [3.63, 3.8) is 0 Å². The molecule has 2 unspecified atom stereocenters. The van der Waals surface area contributed by atoms with Gasteiger partial charge < -0.3 is 36.4 Å². The Kier molecular flexibility index (Phi) is 22.2. The lowest BCUT2D eigenvalue weighted by Crippen LogP contribution is -2.56. The first-order chi connectivity index (χ1) is 20.4. The molecule has 7 N–H and O–H groups in total. The maximum Gasteiger partial charge on any atom is 0.323 e. The largest absolute Gasteiger partial charge is 0.481 e. The molecule has 12 nitrogen and oxygen atoms in total. The van der Waals surface area contributed by atoms with E-state index in [1.54, 1.807) is 24.3 Å². The number of unbranched alkanes of at least 4 members (excludes halogenated alkanes) is 3. The number of rotatable bonds is 24. The number of aliphatic hydroxyl groups excluding tert-OH is 1. The Bertz CT molecular complexity index is 997. The van der Waals surface area contributed by atoms with Crippen LogP contribution in [0.4, 0.5) is 0 Å². The fourth-order valence-corrected chi connectivity index (χ4v) is 4.20. The third-order valence-corrected chi connectivity index (χ3v) is 6.68. The molecule has 0 aliphatic heterocycles. The molecule has 0 aromatic heterocycles. The summed E-state index contributed by atoms with van der Waals surface area (Å²) in [5.41, 5.74) is 5.42. The highest BCUT2D eigenvalue weighted by molar-refractivity contribution is 7.80. The lowest BCUT2D eigenvalue weighted by molar-refractivity contribution is -0.149. The number of nitrogens with two attached hydrogens (primary N) is 1. The number of nitrogens with one attached hydrogen (secondary N) is 1. The van der Waals surface area contributed by atoms with Crippen LogP contribution in [-0.4, -0.2) is 91.6 Å². The number of hydrogen-bond donors (Lipinski definition) is 7. The van der Waals surface area contributed by atoms with Crippen molar-refractivity contribution in [1.29, 1.82) is 0 Å². The number of amides is 2. The Morgan fingerprint density at radius 3 is 2.05 bits per heavy atom. The van der Waals surface area contributed by atoms with E-state index in [9.17, 15) is 34.2 Å². The summed E-state index contributed by atoms with van der Waals surface area (Å²) in [4.78, 5) is 60.4. The van der Waals surface area contributed by atoms with Gasteiger partial charge in [-0.2, -0.15) is 12.6 Å². The van der Waals surface area contributed by atoms with Crippen LogP contribution >= 0.6 is 12.6 Å². The molecule has 242 valence electrons. The predicted octanol–water partition coefficient (Wildman–Crippen LogP) is 2.69. The van der Waals surface area contributed by atoms with Gasteiger partial charge in [0.05, 0.1) is 12.1 Å². The highest BCUT2D eigenvalue weighted by atomic mass is 32.1. The topological polar surface area (TPSA) is 208 Å². The fourth-order valence-electron chi connectivity index (χ4n) is 3.95. The van der Waals surface area contributed by atoms with E-state index in [2.05, 4.69) is 30.9 Å². The highest BCUT2D eigenvalue weighted by Gasteiger charge is 2.34. The fraction of sp³-hybridized carbons (Fsp3) is 0.567. The first-order valence-electron chi connectivity index (χ1n) is 14.4. The van der Waals surface area contributed by atoms with Gasteiger partial charge in [0, 0.05) is 18.6 Å². The molecule has 0 saturated heterocycles. The molecule has 0 fully saturated rings. The number of carboxylic acid groups (broad SMARTS) is 3. The lowest BCUT2D eigenvalue weighted by atomic mass is 9.98. The molecular weight excluding hydrogens is 578 g/mol. The van der Waals surface area contributed by atoms with Gasteiger partial charge in [-0.25, -0.2) is 0 Å². The standard InChI is InChI=1S/C30H47N3O9S/c1-2-3-4-5-6-7-8-9-10-11-12-13-15-24(25(34)16-14-17-27(36)37)33(20-28(38)39)29(40)23(21-43)32-26(35)19-18-22(31)30(41)42/h6-13,22-25,34,43H,2-5,14-21,31H2,1H3,(H,32,35)(H,36,37)(H,38,39)(H,41,42)/b7-6-,9-8+,11-10-,13-12?/t22?,23?,24-,25+/m0/s1. The molecule has 43 heavy (non-hydrogen) atoms. The number of carboxylic acids is 3. The first kappa shape index (κ1) is 39.6. The van der Waals surface area contributed by atoms with Crippen molar-refractivity contribution in [1.82, 2.24) is 10.2 Å². The van der Waals surface area contributed by atoms with Crippen molar-refractivity contribution in [2.45, 2.75) is 95.4 Å². The zero-order valence-corrected chi connectivity index (χ0v) is 25.6. The van der Waals surface area contributed by atoms with E-state index in [0.717, 1.165) is 17.7 Å². The molecule has 0 rings (SSSR count).